The average Bonchev–Trinajstić information content (AvgIpc) is 2.30. The lowest BCUT2D eigenvalue weighted by molar-refractivity contribution is 0.0531. The minimum absolute atomic E-state index is 0.108. The van der Waals surface area contributed by atoms with Crippen molar-refractivity contribution in [3.8, 4) is 0 Å². The van der Waals surface area contributed by atoms with E-state index in [2.05, 4.69) is 12.1 Å². The molecule has 1 aliphatic heterocycles. The van der Waals surface area contributed by atoms with Crippen molar-refractivity contribution < 1.29 is 4.74 Å². The quantitative estimate of drug-likeness (QED) is 0.680. The first-order valence-electron chi connectivity index (χ1n) is 5.14. The fourth-order valence-electron chi connectivity index (χ4n) is 1.91. The van der Waals surface area contributed by atoms with Gasteiger partial charge in [0, 0.05) is 12.5 Å². The largest absolute Gasteiger partial charge is 0.381 e. The van der Waals surface area contributed by atoms with Crippen molar-refractivity contribution >= 4 is 11.6 Å². The van der Waals surface area contributed by atoms with Crippen molar-refractivity contribution in [3.05, 3.63) is 35.9 Å². The van der Waals surface area contributed by atoms with Gasteiger partial charge in [-0.3, -0.25) is 0 Å². The van der Waals surface area contributed by atoms with Crippen LogP contribution in [0, 0.1) is 5.92 Å². The van der Waals surface area contributed by atoms with Crippen LogP contribution in [0.5, 0.6) is 0 Å². The Morgan fingerprint density at radius 2 is 2.07 bits per heavy atom. The minimum atomic E-state index is 0.108. The monoisotopic (exact) mass is 210 g/mol. The molecule has 0 aromatic heterocycles. The number of ether oxygens (including phenoxy) is 1. The fraction of sp³-hybridized carbons (Fsp3) is 0.500. The topological polar surface area (TPSA) is 9.23 Å². The Labute approximate surface area is 90.0 Å². The zero-order chi connectivity index (χ0) is 9.80. The summed E-state index contributed by atoms with van der Waals surface area (Å²) in [7, 11) is 0. The second-order valence-corrected chi connectivity index (χ2v) is 4.26. The number of benzene rings is 1. The summed E-state index contributed by atoms with van der Waals surface area (Å²) in [5, 5.41) is 0.108. The Morgan fingerprint density at radius 1 is 1.29 bits per heavy atom. The highest BCUT2D eigenvalue weighted by atomic mass is 35.5. The summed E-state index contributed by atoms with van der Waals surface area (Å²) in [5.74, 6) is 0.479. The van der Waals surface area contributed by atoms with Crippen LogP contribution in [0.4, 0.5) is 0 Å². The number of hydrogen-bond acceptors (Lipinski definition) is 1. The van der Waals surface area contributed by atoms with E-state index in [4.69, 9.17) is 16.3 Å². The maximum absolute atomic E-state index is 6.41. The molecule has 0 saturated carbocycles. The minimum Gasteiger partial charge on any atom is -0.381 e. The van der Waals surface area contributed by atoms with Crippen molar-refractivity contribution in [1.82, 2.24) is 0 Å². The van der Waals surface area contributed by atoms with Gasteiger partial charge in [0.25, 0.3) is 0 Å². The molecule has 1 fully saturated rings. The molecule has 2 unspecified atom stereocenters. The summed E-state index contributed by atoms with van der Waals surface area (Å²) in [6, 6.07) is 10.3. The average molecular weight is 211 g/mol. The van der Waals surface area contributed by atoms with Gasteiger partial charge in [0.05, 0.1) is 12.0 Å². The molecule has 2 heteroatoms. The summed E-state index contributed by atoms with van der Waals surface area (Å²) in [4.78, 5) is 0. The molecule has 2 atom stereocenters. The van der Waals surface area contributed by atoms with E-state index in [9.17, 15) is 0 Å². The first kappa shape index (κ1) is 10.0. The number of halogens is 1. The Morgan fingerprint density at radius 3 is 2.71 bits per heavy atom. The lowest BCUT2D eigenvalue weighted by Crippen LogP contribution is -2.21. The van der Waals surface area contributed by atoms with Gasteiger partial charge in [-0.15, -0.1) is 11.6 Å². The van der Waals surface area contributed by atoms with Gasteiger partial charge in [0.1, 0.15) is 0 Å². The molecule has 0 radical (unpaired) electrons. The van der Waals surface area contributed by atoms with Crippen molar-refractivity contribution in [2.75, 3.05) is 13.2 Å². The number of hydrogen-bond donors (Lipinski definition) is 0. The normalized spacial score (nSPS) is 24.5. The molecular formula is C12H15ClO. The first-order chi connectivity index (χ1) is 6.88. The summed E-state index contributed by atoms with van der Waals surface area (Å²) >= 11 is 6.41. The molecule has 0 N–H and O–H groups in total. The molecule has 14 heavy (non-hydrogen) atoms. The van der Waals surface area contributed by atoms with E-state index in [-0.39, 0.29) is 5.38 Å². The van der Waals surface area contributed by atoms with E-state index in [1.54, 1.807) is 0 Å². The van der Waals surface area contributed by atoms with Gasteiger partial charge in [0.15, 0.2) is 0 Å². The molecule has 1 heterocycles. The Hall–Kier alpha value is -0.530. The van der Waals surface area contributed by atoms with E-state index in [1.165, 1.54) is 12.0 Å². The van der Waals surface area contributed by atoms with Gasteiger partial charge in [-0.05, 0) is 18.4 Å². The van der Waals surface area contributed by atoms with Gasteiger partial charge in [-0.1, -0.05) is 30.3 Å². The molecule has 1 nitrogen and oxygen atoms in total. The third kappa shape index (κ3) is 2.28. The Kier molecular flexibility index (Phi) is 3.44. The highest BCUT2D eigenvalue weighted by Gasteiger charge is 2.23. The van der Waals surface area contributed by atoms with Gasteiger partial charge < -0.3 is 4.74 Å². The van der Waals surface area contributed by atoms with Crippen LogP contribution in [0.2, 0.25) is 0 Å². The second-order valence-electron chi connectivity index (χ2n) is 3.79. The van der Waals surface area contributed by atoms with Crippen LogP contribution in [-0.2, 0) is 4.74 Å². The predicted octanol–water partition coefficient (Wildman–Crippen LogP) is 3.39. The first-order valence-corrected chi connectivity index (χ1v) is 5.58. The molecule has 0 amide bonds. The second kappa shape index (κ2) is 4.81. The van der Waals surface area contributed by atoms with Crippen LogP contribution in [0.25, 0.3) is 0 Å². The number of rotatable bonds is 2. The molecule has 1 aromatic carbocycles. The van der Waals surface area contributed by atoms with Gasteiger partial charge >= 0.3 is 0 Å². The highest BCUT2D eigenvalue weighted by Crippen LogP contribution is 2.33. The SMILES string of the molecule is ClC(c1ccccc1)C1CCCOC1. The predicted molar refractivity (Wildman–Crippen MR) is 58.6 cm³/mol. The zero-order valence-electron chi connectivity index (χ0n) is 8.16. The van der Waals surface area contributed by atoms with E-state index >= 15 is 0 Å². The zero-order valence-corrected chi connectivity index (χ0v) is 8.91. The van der Waals surface area contributed by atoms with Crippen molar-refractivity contribution in [1.29, 1.82) is 0 Å². The van der Waals surface area contributed by atoms with Crippen LogP contribution in [-0.4, -0.2) is 13.2 Å². The maximum Gasteiger partial charge on any atom is 0.0635 e. The maximum atomic E-state index is 6.41. The summed E-state index contributed by atoms with van der Waals surface area (Å²) in [5.41, 5.74) is 1.21. The van der Waals surface area contributed by atoms with E-state index in [0.29, 0.717) is 5.92 Å². The third-order valence-corrected chi connectivity index (χ3v) is 3.34. The molecule has 1 aromatic rings. The molecule has 2 rings (SSSR count). The van der Waals surface area contributed by atoms with Gasteiger partial charge in [-0.25, -0.2) is 0 Å². The van der Waals surface area contributed by atoms with Crippen molar-refractivity contribution in [2.45, 2.75) is 18.2 Å². The van der Waals surface area contributed by atoms with E-state index < -0.39 is 0 Å². The molecule has 76 valence electrons. The fourth-order valence-corrected chi connectivity index (χ4v) is 2.25. The van der Waals surface area contributed by atoms with Crippen molar-refractivity contribution in [2.24, 2.45) is 5.92 Å². The van der Waals surface area contributed by atoms with Crippen LogP contribution in [0.15, 0.2) is 30.3 Å². The van der Waals surface area contributed by atoms with E-state index in [1.807, 2.05) is 18.2 Å². The highest BCUT2D eigenvalue weighted by molar-refractivity contribution is 6.21. The van der Waals surface area contributed by atoms with Crippen molar-refractivity contribution in [3.63, 3.8) is 0 Å². The van der Waals surface area contributed by atoms with Gasteiger partial charge in [0.2, 0.25) is 0 Å². The lowest BCUT2D eigenvalue weighted by Gasteiger charge is -2.26. The summed E-state index contributed by atoms with van der Waals surface area (Å²) in [6.45, 7) is 1.71. The number of alkyl halides is 1. The third-order valence-electron chi connectivity index (χ3n) is 2.73. The Balaban J connectivity index is 2.03. The van der Waals surface area contributed by atoms with Crippen LogP contribution in [0.3, 0.4) is 0 Å². The van der Waals surface area contributed by atoms with E-state index in [0.717, 1.165) is 19.6 Å². The molecule has 0 bridgehead atoms. The summed E-state index contributed by atoms with van der Waals surface area (Å²) < 4.78 is 5.44. The molecule has 1 aliphatic rings. The molecular weight excluding hydrogens is 196 g/mol. The van der Waals surface area contributed by atoms with Gasteiger partial charge in [-0.2, -0.15) is 0 Å². The summed E-state index contributed by atoms with van der Waals surface area (Å²) in [6.07, 6.45) is 2.32. The molecule has 0 spiro atoms. The standard InChI is InChI=1S/C12H15ClO/c13-12(10-5-2-1-3-6-10)11-7-4-8-14-9-11/h1-3,5-6,11-12H,4,7-9H2. The lowest BCUT2D eigenvalue weighted by atomic mass is 9.94. The molecule has 0 aliphatic carbocycles. The van der Waals surface area contributed by atoms with Crippen LogP contribution in [0.1, 0.15) is 23.8 Å². The van der Waals surface area contributed by atoms with Crippen LogP contribution >= 0.6 is 11.6 Å². The Bertz CT molecular complexity index is 267. The smallest absolute Gasteiger partial charge is 0.0635 e. The molecule has 1 saturated heterocycles. The van der Waals surface area contributed by atoms with Crippen LogP contribution < -0.4 is 0 Å².